The number of hydrazine groups is 1. The molecule has 28 heavy (non-hydrogen) atoms. The second-order valence-corrected chi connectivity index (χ2v) is 6.15. The van der Waals surface area contributed by atoms with E-state index >= 15 is 0 Å². The van der Waals surface area contributed by atoms with Crippen molar-refractivity contribution in [3.63, 3.8) is 0 Å². The SMILES string of the molecule is Cc1ccn2cc(C(=O)NNC(=O)c3nn(-c4ccccc4)cc3O)nc2c1. The predicted molar refractivity (Wildman–Crippen MR) is 100 cm³/mol. The van der Waals surface area contributed by atoms with Gasteiger partial charge in [-0.2, -0.15) is 5.10 Å². The first-order chi connectivity index (χ1) is 13.5. The van der Waals surface area contributed by atoms with Crippen LogP contribution in [0.4, 0.5) is 0 Å². The number of hydrogen-bond acceptors (Lipinski definition) is 5. The van der Waals surface area contributed by atoms with Crippen LogP contribution in [0, 0.1) is 6.92 Å². The minimum atomic E-state index is -0.750. The summed E-state index contributed by atoms with van der Waals surface area (Å²) >= 11 is 0. The van der Waals surface area contributed by atoms with Crippen molar-refractivity contribution in [1.82, 2.24) is 30.0 Å². The van der Waals surface area contributed by atoms with Gasteiger partial charge in [0.1, 0.15) is 11.3 Å². The molecule has 9 nitrogen and oxygen atoms in total. The molecule has 0 radical (unpaired) electrons. The maximum atomic E-state index is 12.3. The van der Waals surface area contributed by atoms with Crippen LogP contribution in [-0.4, -0.2) is 36.1 Å². The van der Waals surface area contributed by atoms with Crippen LogP contribution < -0.4 is 10.9 Å². The number of para-hydroxylation sites is 1. The van der Waals surface area contributed by atoms with E-state index in [9.17, 15) is 14.7 Å². The largest absolute Gasteiger partial charge is 0.504 e. The Morgan fingerprint density at radius 2 is 1.79 bits per heavy atom. The molecule has 4 aromatic rings. The molecule has 140 valence electrons. The Kier molecular flexibility index (Phi) is 4.24. The molecule has 0 bridgehead atoms. The number of nitrogens with one attached hydrogen (secondary N) is 2. The monoisotopic (exact) mass is 376 g/mol. The second-order valence-electron chi connectivity index (χ2n) is 6.15. The van der Waals surface area contributed by atoms with Gasteiger partial charge < -0.3 is 9.51 Å². The zero-order valence-electron chi connectivity index (χ0n) is 14.8. The number of amides is 2. The quantitative estimate of drug-likeness (QED) is 0.470. The fraction of sp³-hybridized carbons (Fsp3) is 0.0526. The number of nitrogens with zero attached hydrogens (tertiary/aromatic N) is 4. The third-order valence-electron chi connectivity index (χ3n) is 4.07. The van der Waals surface area contributed by atoms with E-state index in [1.165, 1.54) is 10.9 Å². The summed E-state index contributed by atoms with van der Waals surface area (Å²) in [6.45, 7) is 1.93. The van der Waals surface area contributed by atoms with Crippen LogP contribution in [0.1, 0.15) is 26.5 Å². The van der Waals surface area contributed by atoms with Crippen molar-refractivity contribution in [2.75, 3.05) is 0 Å². The Morgan fingerprint density at radius 1 is 1.04 bits per heavy atom. The lowest BCUT2D eigenvalue weighted by Gasteiger charge is -2.04. The topological polar surface area (TPSA) is 114 Å². The van der Waals surface area contributed by atoms with Gasteiger partial charge in [0.25, 0.3) is 11.8 Å². The number of rotatable bonds is 3. The average Bonchev–Trinajstić information content (AvgIpc) is 3.29. The summed E-state index contributed by atoms with van der Waals surface area (Å²) in [6, 6.07) is 12.8. The molecule has 3 aromatic heterocycles. The fourth-order valence-corrected chi connectivity index (χ4v) is 2.67. The maximum Gasteiger partial charge on any atom is 0.294 e. The van der Waals surface area contributed by atoms with Crippen LogP contribution in [0.2, 0.25) is 0 Å². The lowest BCUT2D eigenvalue weighted by Crippen LogP contribution is -2.42. The van der Waals surface area contributed by atoms with Gasteiger partial charge in [-0.3, -0.25) is 20.4 Å². The number of aromatic hydroxyl groups is 1. The Labute approximate surface area is 159 Å². The normalized spacial score (nSPS) is 10.8. The highest BCUT2D eigenvalue weighted by atomic mass is 16.3. The zero-order valence-corrected chi connectivity index (χ0v) is 14.8. The Bertz CT molecular complexity index is 1180. The van der Waals surface area contributed by atoms with Crippen LogP contribution in [0.15, 0.2) is 61.1 Å². The average molecular weight is 376 g/mol. The third-order valence-corrected chi connectivity index (χ3v) is 4.07. The first kappa shape index (κ1) is 17.3. The molecule has 9 heteroatoms. The van der Waals surface area contributed by atoms with Gasteiger partial charge >= 0.3 is 0 Å². The fourth-order valence-electron chi connectivity index (χ4n) is 2.67. The molecule has 0 unspecified atom stereocenters. The molecule has 0 saturated carbocycles. The molecule has 0 aliphatic rings. The minimum absolute atomic E-state index is 0.143. The van der Waals surface area contributed by atoms with Crippen LogP contribution in [0.3, 0.4) is 0 Å². The molecular formula is C19H16N6O3. The molecule has 0 atom stereocenters. The second kappa shape index (κ2) is 6.88. The van der Waals surface area contributed by atoms with Gasteiger partial charge in [0.05, 0.1) is 11.9 Å². The summed E-state index contributed by atoms with van der Waals surface area (Å²) in [5, 5.41) is 14.1. The molecule has 0 spiro atoms. The van der Waals surface area contributed by atoms with Crippen molar-refractivity contribution >= 4 is 17.5 Å². The number of carbonyl (C=O) groups is 2. The summed E-state index contributed by atoms with van der Waals surface area (Å²) in [6.07, 6.45) is 4.66. The molecule has 0 fully saturated rings. The highest BCUT2D eigenvalue weighted by Crippen LogP contribution is 2.17. The van der Waals surface area contributed by atoms with Crippen LogP contribution in [-0.2, 0) is 0 Å². The molecule has 1 aromatic carbocycles. The van der Waals surface area contributed by atoms with E-state index in [-0.39, 0.29) is 17.1 Å². The van der Waals surface area contributed by atoms with E-state index in [1.807, 2.05) is 37.3 Å². The molecule has 3 N–H and O–H groups in total. The van der Waals surface area contributed by atoms with E-state index in [4.69, 9.17) is 0 Å². The van der Waals surface area contributed by atoms with Crippen molar-refractivity contribution < 1.29 is 14.7 Å². The first-order valence-electron chi connectivity index (χ1n) is 8.41. The van der Waals surface area contributed by atoms with Crippen molar-refractivity contribution in [1.29, 1.82) is 0 Å². The molecule has 0 aliphatic heterocycles. The van der Waals surface area contributed by atoms with Crippen LogP contribution >= 0.6 is 0 Å². The van der Waals surface area contributed by atoms with Gasteiger partial charge in [0.2, 0.25) is 0 Å². The Hall–Kier alpha value is -4.14. The summed E-state index contributed by atoms with van der Waals surface area (Å²) < 4.78 is 3.08. The smallest absolute Gasteiger partial charge is 0.294 e. The van der Waals surface area contributed by atoms with Gasteiger partial charge in [-0.05, 0) is 36.8 Å². The van der Waals surface area contributed by atoms with Crippen molar-refractivity contribution in [2.24, 2.45) is 0 Å². The number of carbonyl (C=O) groups excluding carboxylic acids is 2. The Balaban J connectivity index is 1.46. The van der Waals surface area contributed by atoms with E-state index in [0.717, 1.165) is 5.56 Å². The molecule has 0 saturated heterocycles. The highest BCUT2D eigenvalue weighted by Gasteiger charge is 2.19. The van der Waals surface area contributed by atoms with E-state index in [2.05, 4.69) is 20.9 Å². The number of benzene rings is 1. The van der Waals surface area contributed by atoms with E-state index < -0.39 is 11.8 Å². The molecule has 3 heterocycles. The van der Waals surface area contributed by atoms with Gasteiger partial charge in [0, 0.05) is 12.4 Å². The van der Waals surface area contributed by atoms with Crippen molar-refractivity contribution in [3.8, 4) is 11.4 Å². The van der Waals surface area contributed by atoms with Gasteiger partial charge in [-0.1, -0.05) is 18.2 Å². The number of pyridine rings is 1. The first-order valence-corrected chi connectivity index (χ1v) is 8.41. The third kappa shape index (κ3) is 3.28. The van der Waals surface area contributed by atoms with E-state index in [0.29, 0.717) is 11.3 Å². The molecule has 2 amide bonds. The summed E-state index contributed by atoms with van der Waals surface area (Å²) in [5.74, 6) is -1.64. The summed E-state index contributed by atoms with van der Waals surface area (Å²) in [5.41, 5.74) is 6.76. The number of aromatic nitrogens is 4. The lowest BCUT2D eigenvalue weighted by molar-refractivity contribution is 0.0839. The minimum Gasteiger partial charge on any atom is -0.504 e. The number of aryl methyl sites for hydroxylation is 1. The van der Waals surface area contributed by atoms with Crippen molar-refractivity contribution in [2.45, 2.75) is 6.92 Å². The van der Waals surface area contributed by atoms with Gasteiger partial charge in [-0.15, -0.1) is 0 Å². The number of hydrogen-bond donors (Lipinski definition) is 3. The molecular weight excluding hydrogens is 360 g/mol. The number of imidazole rings is 1. The molecule has 0 aliphatic carbocycles. The van der Waals surface area contributed by atoms with Gasteiger partial charge in [0.15, 0.2) is 11.4 Å². The Morgan fingerprint density at radius 3 is 2.57 bits per heavy atom. The lowest BCUT2D eigenvalue weighted by atomic mass is 10.3. The van der Waals surface area contributed by atoms with Crippen LogP contribution in [0.25, 0.3) is 11.3 Å². The zero-order chi connectivity index (χ0) is 19.7. The maximum absolute atomic E-state index is 12.3. The van der Waals surface area contributed by atoms with Crippen molar-refractivity contribution in [3.05, 3.63) is 78.0 Å². The van der Waals surface area contributed by atoms with E-state index in [1.54, 1.807) is 28.9 Å². The summed E-state index contributed by atoms with van der Waals surface area (Å²) in [7, 11) is 0. The number of fused-ring (bicyclic) bond motifs is 1. The van der Waals surface area contributed by atoms with Gasteiger partial charge in [-0.25, -0.2) is 9.67 Å². The summed E-state index contributed by atoms with van der Waals surface area (Å²) in [4.78, 5) is 28.7. The highest BCUT2D eigenvalue weighted by molar-refractivity contribution is 5.98. The van der Waals surface area contributed by atoms with Crippen LogP contribution in [0.5, 0.6) is 5.75 Å². The predicted octanol–water partition coefficient (Wildman–Crippen LogP) is 1.61. The standard InChI is InChI=1S/C19H16N6O3/c1-12-7-8-24-10-14(20-16(24)9-12)18(27)21-22-19(28)17-15(26)11-25(23-17)13-5-3-2-4-6-13/h2-11,26H,1H3,(H,21,27)(H,22,28). The molecule has 4 rings (SSSR count).